The van der Waals surface area contributed by atoms with Crippen LogP contribution in [0.3, 0.4) is 0 Å². The highest BCUT2D eigenvalue weighted by Crippen LogP contribution is 2.30. The van der Waals surface area contributed by atoms with Crippen LogP contribution >= 0.6 is 12.2 Å². The lowest BCUT2D eigenvalue weighted by atomic mass is 9.91. The van der Waals surface area contributed by atoms with Crippen LogP contribution in [0.15, 0.2) is 29.5 Å². The van der Waals surface area contributed by atoms with Gasteiger partial charge in [-0.05, 0) is 51.0 Å². The van der Waals surface area contributed by atoms with Crippen LogP contribution in [0.25, 0.3) is 0 Å². The molecule has 0 saturated heterocycles. The Labute approximate surface area is 130 Å². The first-order valence-corrected chi connectivity index (χ1v) is 7.37. The third-order valence-electron chi connectivity index (χ3n) is 3.50. The van der Waals surface area contributed by atoms with E-state index in [0.717, 1.165) is 16.8 Å². The molecule has 1 atom stereocenters. The topological polar surface area (TPSA) is 50.4 Å². The summed E-state index contributed by atoms with van der Waals surface area (Å²) < 4.78 is 5.18. The van der Waals surface area contributed by atoms with Gasteiger partial charge in [0.2, 0.25) is 0 Å². The number of hydrogen-bond donors (Lipinski definition) is 2. The Morgan fingerprint density at radius 2 is 2.05 bits per heavy atom. The predicted octanol–water partition coefficient (Wildman–Crippen LogP) is 2.66. The lowest BCUT2D eigenvalue weighted by molar-refractivity contribution is -0.139. The van der Waals surface area contributed by atoms with Crippen molar-refractivity contribution >= 4 is 23.3 Å². The number of rotatable bonds is 3. The summed E-state index contributed by atoms with van der Waals surface area (Å²) in [5.74, 6) is -0.317. The Bertz CT molecular complexity index is 623. The van der Waals surface area contributed by atoms with E-state index in [0.29, 0.717) is 17.3 Å². The number of nitrogens with one attached hydrogen (secondary N) is 2. The number of esters is 1. The molecule has 1 aromatic rings. The molecule has 1 aliphatic rings. The number of benzene rings is 1. The van der Waals surface area contributed by atoms with Crippen molar-refractivity contribution in [3.05, 3.63) is 46.2 Å². The number of carbonyl (C=O) groups is 1. The second-order valence-corrected chi connectivity index (χ2v) is 5.56. The summed E-state index contributed by atoms with van der Waals surface area (Å²) in [5, 5.41) is 6.69. The van der Waals surface area contributed by atoms with Crippen molar-refractivity contribution in [2.24, 2.45) is 0 Å². The Balaban J connectivity index is 2.49. The van der Waals surface area contributed by atoms with Crippen molar-refractivity contribution in [1.29, 1.82) is 0 Å². The summed E-state index contributed by atoms with van der Waals surface area (Å²) in [6, 6.07) is 5.88. The summed E-state index contributed by atoms with van der Waals surface area (Å²) in [7, 11) is 0. The minimum absolute atomic E-state index is 0.279. The smallest absolute Gasteiger partial charge is 0.338 e. The van der Waals surface area contributed by atoms with Crippen LogP contribution in [-0.4, -0.2) is 17.7 Å². The van der Waals surface area contributed by atoms with Crippen LogP contribution < -0.4 is 10.6 Å². The third-order valence-corrected chi connectivity index (χ3v) is 3.72. The van der Waals surface area contributed by atoms with Gasteiger partial charge in [0.15, 0.2) is 5.11 Å². The Kier molecular flexibility index (Phi) is 4.63. The van der Waals surface area contributed by atoms with Crippen LogP contribution in [0, 0.1) is 13.8 Å². The molecular weight excluding hydrogens is 284 g/mol. The van der Waals surface area contributed by atoms with Gasteiger partial charge >= 0.3 is 5.97 Å². The van der Waals surface area contributed by atoms with E-state index in [1.54, 1.807) is 6.92 Å². The first kappa shape index (κ1) is 15.5. The normalized spacial score (nSPS) is 18.1. The SMILES string of the molecule is CCOC(=O)C1=C(C)NC(=S)NC1c1ccc(C)cc1C. The molecule has 0 bridgehead atoms. The van der Waals surface area contributed by atoms with E-state index in [9.17, 15) is 4.79 Å². The number of carbonyl (C=O) groups excluding carboxylic acids is 1. The molecule has 0 saturated carbocycles. The Hall–Kier alpha value is -1.88. The van der Waals surface area contributed by atoms with Gasteiger partial charge in [0.1, 0.15) is 0 Å². The Morgan fingerprint density at radius 3 is 2.67 bits per heavy atom. The zero-order valence-electron chi connectivity index (χ0n) is 12.7. The molecule has 4 nitrogen and oxygen atoms in total. The highest BCUT2D eigenvalue weighted by Gasteiger charge is 2.31. The van der Waals surface area contributed by atoms with Crippen molar-refractivity contribution in [3.8, 4) is 0 Å². The van der Waals surface area contributed by atoms with Gasteiger partial charge in [0.25, 0.3) is 0 Å². The lowest BCUT2D eigenvalue weighted by Crippen LogP contribution is -2.45. The third kappa shape index (κ3) is 3.24. The van der Waals surface area contributed by atoms with Crippen LogP contribution in [0.2, 0.25) is 0 Å². The number of allylic oxidation sites excluding steroid dienone is 1. The summed E-state index contributed by atoms with van der Waals surface area (Å²) in [6.07, 6.45) is 0. The molecule has 1 aromatic carbocycles. The Morgan fingerprint density at radius 1 is 1.33 bits per heavy atom. The molecule has 0 fully saturated rings. The molecule has 5 heteroatoms. The van der Waals surface area contributed by atoms with Gasteiger partial charge < -0.3 is 15.4 Å². The van der Waals surface area contributed by atoms with Gasteiger partial charge in [0, 0.05) is 5.70 Å². The minimum Gasteiger partial charge on any atom is -0.463 e. The van der Waals surface area contributed by atoms with Crippen LogP contribution in [-0.2, 0) is 9.53 Å². The minimum atomic E-state index is -0.317. The largest absolute Gasteiger partial charge is 0.463 e. The van der Waals surface area contributed by atoms with Crippen molar-refractivity contribution in [2.75, 3.05) is 6.61 Å². The summed E-state index contributed by atoms with van der Waals surface area (Å²) in [6.45, 7) is 8.07. The van der Waals surface area contributed by atoms with E-state index < -0.39 is 0 Å². The van der Waals surface area contributed by atoms with Gasteiger partial charge in [-0.15, -0.1) is 0 Å². The fraction of sp³-hybridized carbons (Fsp3) is 0.375. The maximum atomic E-state index is 12.3. The van der Waals surface area contributed by atoms with E-state index in [1.165, 1.54) is 5.56 Å². The first-order valence-electron chi connectivity index (χ1n) is 6.96. The molecule has 1 unspecified atom stereocenters. The molecule has 21 heavy (non-hydrogen) atoms. The zero-order valence-corrected chi connectivity index (χ0v) is 13.6. The van der Waals surface area contributed by atoms with E-state index in [-0.39, 0.29) is 12.0 Å². The molecule has 0 aromatic heterocycles. The summed E-state index contributed by atoms with van der Waals surface area (Å²) in [4.78, 5) is 12.3. The second kappa shape index (κ2) is 6.26. The molecular formula is C16H20N2O2S. The maximum Gasteiger partial charge on any atom is 0.338 e. The number of ether oxygens (including phenoxy) is 1. The van der Waals surface area contributed by atoms with Crippen LogP contribution in [0.1, 0.15) is 36.6 Å². The van der Waals surface area contributed by atoms with Crippen molar-refractivity contribution in [3.63, 3.8) is 0 Å². The monoisotopic (exact) mass is 304 g/mol. The number of aryl methyl sites for hydroxylation is 2. The van der Waals surface area contributed by atoms with Crippen LogP contribution in [0.4, 0.5) is 0 Å². The summed E-state index contributed by atoms with van der Waals surface area (Å²) >= 11 is 5.22. The lowest BCUT2D eigenvalue weighted by Gasteiger charge is -2.30. The average molecular weight is 304 g/mol. The summed E-state index contributed by atoms with van der Waals surface area (Å²) in [5.41, 5.74) is 4.66. The fourth-order valence-corrected chi connectivity index (χ4v) is 2.83. The average Bonchev–Trinajstić information content (AvgIpc) is 2.37. The molecule has 1 heterocycles. The quantitative estimate of drug-likeness (QED) is 0.664. The molecule has 0 radical (unpaired) electrons. The standard InChI is InChI=1S/C16H20N2O2S/c1-5-20-15(19)13-11(4)17-16(21)18-14(13)12-7-6-9(2)8-10(12)3/h6-8,14H,5H2,1-4H3,(H2,17,18,21). The molecule has 2 N–H and O–H groups in total. The van der Waals surface area contributed by atoms with Crippen LogP contribution in [0.5, 0.6) is 0 Å². The molecule has 0 amide bonds. The first-order chi connectivity index (χ1) is 9.93. The predicted molar refractivity (Wildman–Crippen MR) is 86.9 cm³/mol. The molecule has 112 valence electrons. The number of hydrogen-bond acceptors (Lipinski definition) is 3. The van der Waals surface area contributed by atoms with Gasteiger partial charge in [-0.1, -0.05) is 23.8 Å². The van der Waals surface area contributed by atoms with Gasteiger partial charge in [0.05, 0.1) is 18.2 Å². The highest BCUT2D eigenvalue weighted by atomic mass is 32.1. The van der Waals surface area contributed by atoms with E-state index in [4.69, 9.17) is 17.0 Å². The zero-order chi connectivity index (χ0) is 15.6. The van der Waals surface area contributed by atoms with E-state index in [1.807, 2.05) is 32.9 Å². The van der Waals surface area contributed by atoms with Gasteiger partial charge in [-0.25, -0.2) is 4.79 Å². The van der Waals surface area contributed by atoms with Crippen molar-refractivity contribution in [1.82, 2.24) is 10.6 Å². The van der Waals surface area contributed by atoms with Crippen molar-refractivity contribution in [2.45, 2.75) is 33.7 Å². The van der Waals surface area contributed by atoms with Crippen molar-refractivity contribution < 1.29 is 9.53 Å². The molecule has 2 rings (SSSR count). The molecule has 0 spiro atoms. The number of thiocarbonyl (C=S) groups is 1. The second-order valence-electron chi connectivity index (χ2n) is 5.15. The highest BCUT2D eigenvalue weighted by molar-refractivity contribution is 7.80. The fourth-order valence-electron chi connectivity index (χ4n) is 2.56. The van der Waals surface area contributed by atoms with Gasteiger partial charge in [-0.3, -0.25) is 0 Å². The maximum absolute atomic E-state index is 12.3. The molecule has 0 aliphatic carbocycles. The van der Waals surface area contributed by atoms with E-state index in [2.05, 4.69) is 16.7 Å². The molecule has 1 aliphatic heterocycles. The van der Waals surface area contributed by atoms with E-state index >= 15 is 0 Å². The van der Waals surface area contributed by atoms with Gasteiger partial charge in [-0.2, -0.15) is 0 Å².